The van der Waals surface area contributed by atoms with Crippen molar-refractivity contribution in [3.63, 3.8) is 0 Å². The smallest absolute Gasteiger partial charge is 0.309 e. The van der Waals surface area contributed by atoms with Gasteiger partial charge in [0, 0.05) is 9.75 Å². The van der Waals surface area contributed by atoms with Crippen LogP contribution < -0.4 is 0 Å². The molecule has 1 aromatic rings. The van der Waals surface area contributed by atoms with Crippen molar-refractivity contribution in [3.05, 3.63) is 21.9 Å². The minimum atomic E-state index is -0.596. The van der Waals surface area contributed by atoms with E-state index >= 15 is 0 Å². The molecule has 0 aliphatic heterocycles. The van der Waals surface area contributed by atoms with Crippen molar-refractivity contribution in [2.24, 2.45) is 16.7 Å². The number of aliphatic carboxylic acids is 1. The van der Waals surface area contributed by atoms with E-state index in [1.165, 1.54) is 9.75 Å². The lowest BCUT2D eigenvalue weighted by atomic mass is 9.63. The average molecular weight is 308 g/mol. The molecule has 1 fully saturated rings. The molecule has 0 radical (unpaired) electrons. The average Bonchev–Trinajstić information content (AvgIpc) is 2.85. The predicted molar refractivity (Wildman–Crippen MR) is 88.9 cm³/mol. The van der Waals surface area contributed by atoms with Crippen LogP contribution in [-0.4, -0.2) is 11.1 Å². The van der Waals surface area contributed by atoms with Crippen molar-refractivity contribution in [1.29, 1.82) is 0 Å². The van der Waals surface area contributed by atoms with E-state index in [1.54, 1.807) is 11.3 Å². The lowest BCUT2D eigenvalue weighted by molar-refractivity contribution is -0.152. The van der Waals surface area contributed by atoms with Gasteiger partial charge in [0.2, 0.25) is 0 Å². The van der Waals surface area contributed by atoms with E-state index in [2.05, 4.69) is 39.8 Å². The third kappa shape index (κ3) is 3.68. The molecule has 0 atom stereocenters. The molecular weight excluding hydrogens is 280 g/mol. The summed E-state index contributed by atoms with van der Waals surface area (Å²) in [6, 6.07) is 4.28. The highest BCUT2D eigenvalue weighted by atomic mass is 32.1. The van der Waals surface area contributed by atoms with Crippen LogP contribution in [0.4, 0.5) is 0 Å². The van der Waals surface area contributed by atoms with Crippen LogP contribution in [-0.2, 0) is 17.6 Å². The van der Waals surface area contributed by atoms with Crippen molar-refractivity contribution < 1.29 is 9.90 Å². The van der Waals surface area contributed by atoms with Crippen molar-refractivity contribution in [2.45, 2.75) is 66.2 Å². The summed E-state index contributed by atoms with van der Waals surface area (Å²) in [5, 5.41) is 9.81. The van der Waals surface area contributed by atoms with E-state index in [1.807, 2.05) is 0 Å². The maximum absolute atomic E-state index is 11.9. The second-order valence-corrected chi connectivity index (χ2v) is 8.88. The van der Waals surface area contributed by atoms with E-state index in [0.717, 1.165) is 32.1 Å². The van der Waals surface area contributed by atoms with E-state index in [9.17, 15) is 9.90 Å². The lowest BCUT2D eigenvalue weighted by Gasteiger charge is -2.41. The fraction of sp³-hybridized carbons (Fsp3) is 0.722. The molecule has 0 aromatic carbocycles. The van der Waals surface area contributed by atoms with E-state index in [0.29, 0.717) is 17.8 Å². The Morgan fingerprint density at radius 1 is 1.29 bits per heavy atom. The molecule has 2 rings (SSSR count). The van der Waals surface area contributed by atoms with Crippen molar-refractivity contribution in [2.75, 3.05) is 0 Å². The molecule has 1 aliphatic rings. The maximum atomic E-state index is 11.9. The van der Waals surface area contributed by atoms with Crippen LogP contribution in [0.3, 0.4) is 0 Å². The minimum absolute atomic E-state index is 0.295. The number of hydrogen-bond donors (Lipinski definition) is 1. The second kappa shape index (κ2) is 6.12. The first kappa shape index (κ1) is 16.5. The molecule has 1 aromatic heterocycles. The summed E-state index contributed by atoms with van der Waals surface area (Å²) in [5.74, 6) is 0.0563. The number of carbonyl (C=O) groups is 1. The Morgan fingerprint density at radius 3 is 2.29 bits per heavy atom. The first-order valence-electron chi connectivity index (χ1n) is 8.08. The highest BCUT2D eigenvalue weighted by Gasteiger charge is 2.44. The highest BCUT2D eigenvalue weighted by molar-refractivity contribution is 7.12. The highest BCUT2D eigenvalue weighted by Crippen LogP contribution is 2.47. The van der Waals surface area contributed by atoms with Crippen LogP contribution in [0.1, 0.15) is 63.1 Å². The molecule has 1 N–H and O–H groups in total. The van der Waals surface area contributed by atoms with Gasteiger partial charge in [-0.1, -0.05) is 27.7 Å². The van der Waals surface area contributed by atoms with Crippen LogP contribution in [0, 0.1) is 16.7 Å². The van der Waals surface area contributed by atoms with Gasteiger partial charge in [0.25, 0.3) is 0 Å². The standard InChI is InChI=1S/C18H28O2S/c1-5-14-6-7-15(21-14)12-18(16(19)20)10-8-13(9-11-18)17(2,3)4/h6-7,13H,5,8-12H2,1-4H3,(H,19,20). The molecule has 3 heteroatoms. The van der Waals surface area contributed by atoms with Crippen LogP contribution in [0.15, 0.2) is 12.1 Å². The van der Waals surface area contributed by atoms with Crippen LogP contribution in [0.5, 0.6) is 0 Å². The molecule has 0 saturated heterocycles. The number of rotatable bonds is 4. The van der Waals surface area contributed by atoms with Gasteiger partial charge in [-0.3, -0.25) is 4.79 Å². The van der Waals surface area contributed by atoms with Gasteiger partial charge in [-0.05, 0) is 62.0 Å². The Kier molecular flexibility index (Phi) is 4.82. The number of thiophene rings is 1. The molecule has 21 heavy (non-hydrogen) atoms. The minimum Gasteiger partial charge on any atom is -0.481 e. The van der Waals surface area contributed by atoms with Gasteiger partial charge < -0.3 is 5.11 Å². The van der Waals surface area contributed by atoms with Crippen molar-refractivity contribution in [1.82, 2.24) is 0 Å². The number of carboxylic acid groups (broad SMARTS) is 1. The largest absolute Gasteiger partial charge is 0.481 e. The van der Waals surface area contributed by atoms with Gasteiger partial charge in [-0.15, -0.1) is 11.3 Å². The topological polar surface area (TPSA) is 37.3 Å². The number of aryl methyl sites for hydroxylation is 1. The summed E-state index contributed by atoms with van der Waals surface area (Å²) in [4.78, 5) is 14.5. The SMILES string of the molecule is CCc1ccc(CC2(C(=O)O)CCC(C(C)(C)C)CC2)s1. The Hall–Kier alpha value is -0.830. The first-order valence-corrected chi connectivity index (χ1v) is 8.89. The summed E-state index contributed by atoms with van der Waals surface area (Å²) >= 11 is 1.79. The zero-order valence-electron chi connectivity index (χ0n) is 13.7. The Bertz CT molecular complexity index is 488. The molecule has 118 valence electrons. The molecule has 2 nitrogen and oxygen atoms in total. The van der Waals surface area contributed by atoms with E-state index in [-0.39, 0.29) is 0 Å². The summed E-state index contributed by atoms with van der Waals surface area (Å²) < 4.78 is 0. The first-order chi connectivity index (χ1) is 9.77. The quantitative estimate of drug-likeness (QED) is 0.834. The van der Waals surface area contributed by atoms with Gasteiger partial charge in [-0.25, -0.2) is 0 Å². The predicted octanol–water partition coefficient (Wildman–Crippen LogP) is 5.16. The Labute approximate surface area is 132 Å². The third-order valence-corrected chi connectivity index (χ3v) is 6.43. The molecule has 1 aliphatic carbocycles. The van der Waals surface area contributed by atoms with Gasteiger partial charge in [-0.2, -0.15) is 0 Å². The van der Waals surface area contributed by atoms with Gasteiger partial charge >= 0.3 is 5.97 Å². The van der Waals surface area contributed by atoms with Crippen LogP contribution in [0.25, 0.3) is 0 Å². The zero-order chi connectivity index (χ0) is 15.7. The summed E-state index contributed by atoms with van der Waals surface area (Å²) in [7, 11) is 0. The van der Waals surface area contributed by atoms with Crippen molar-refractivity contribution in [3.8, 4) is 0 Å². The maximum Gasteiger partial charge on any atom is 0.309 e. The summed E-state index contributed by atoms with van der Waals surface area (Å²) in [6.45, 7) is 8.98. The fourth-order valence-corrected chi connectivity index (χ4v) is 4.65. The molecule has 0 bridgehead atoms. The van der Waals surface area contributed by atoms with E-state index in [4.69, 9.17) is 0 Å². The molecule has 1 saturated carbocycles. The van der Waals surface area contributed by atoms with Crippen molar-refractivity contribution >= 4 is 17.3 Å². The van der Waals surface area contributed by atoms with Gasteiger partial charge in [0.15, 0.2) is 0 Å². The van der Waals surface area contributed by atoms with Gasteiger partial charge in [0.1, 0.15) is 0 Å². The normalized spacial score (nSPS) is 26.8. The number of hydrogen-bond acceptors (Lipinski definition) is 2. The molecule has 0 unspecified atom stereocenters. The van der Waals surface area contributed by atoms with Crippen LogP contribution in [0.2, 0.25) is 0 Å². The number of carboxylic acids is 1. The monoisotopic (exact) mass is 308 g/mol. The Morgan fingerprint density at radius 2 is 1.86 bits per heavy atom. The molecule has 0 spiro atoms. The summed E-state index contributed by atoms with van der Waals surface area (Å²) in [6.07, 6.45) is 5.48. The lowest BCUT2D eigenvalue weighted by Crippen LogP contribution is -2.39. The summed E-state index contributed by atoms with van der Waals surface area (Å²) in [5.41, 5.74) is -0.236. The zero-order valence-corrected chi connectivity index (χ0v) is 14.6. The molecule has 0 amide bonds. The molecular formula is C18H28O2S. The fourth-order valence-electron chi connectivity index (χ4n) is 3.54. The van der Waals surface area contributed by atoms with Gasteiger partial charge in [0.05, 0.1) is 5.41 Å². The van der Waals surface area contributed by atoms with E-state index < -0.39 is 11.4 Å². The van der Waals surface area contributed by atoms with Crippen LogP contribution >= 0.6 is 11.3 Å². The third-order valence-electron chi connectivity index (χ3n) is 5.20. The Balaban J connectivity index is 2.11. The second-order valence-electron chi connectivity index (χ2n) is 7.62. The molecule has 1 heterocycles.